The molecule has 0 aromatic heterocycles. The number of methoxy groups -OCH3 is 1. The number of amides is 1. The molecular weight excluding hydrogens is 232 g/mol. The van der Waals surface area contributed by atoms with Gasteiger partial charge in [0.05, 0.1) is 7.11 Å². The molecule has 0 spiro atoms. The van der Waals surface area contributed by atoms with Crippen molar-refractivity contribution in [3.8, 4) is 5.75 Å². The van der Waals surface area contributed by atoms with Gasteiger partial charge in [-0.1, -0.05) is 6.92 Å². The lowest BCUT2D eigenvalue weighted by molar-refractivity contribution is 0.0916. The number of hydrogen-bond acceptors (Lipinski definition) is 4. The first-order valence-corrected chi connectivity index (χ1v) is 5.84. The molecule has 18 heavy (non-hydrogen) atoms. The van der Waals surface area contributed by atoms with Crippen LogP contribution in [0.1, 0.15) is 24.2 Å². The molecule has 0 saturated heterocycles. The first-order chi connectivity index (χ1) is 8.47. The van der Waals surface area contributed by atoms with E-state index in [9.17, 15) is 4.79 Å². The molecule has 5 nitrogen and oxygen atoms in total. The van der Waals surface area contributed by atoms with Crippen LogP contribution in [0.25, 0.3) is 0 Å². The molecule has 1 rings (SSSR count). The fraction of sp³-hybridized carbons (Fsp3) is 0.462. The minimum atomic E-state index is -0.228. The largest absolute Gasteiger partial charge is 0.497 e. The van der Waals surface area contributed by atoms with Crippen molar-refractivity contribution in [3.05, 3.63) is 23.8 Å². The van der Waals surface area contributed by atoms with E-state index in [2.05, 4.69) is 5.32 Å². The van der Waals surface area contributed by atoms with E-state index < -0.39 is 0 Å². The Balaban J connectivity index is 2.81. The molecule has 0 aliphatic carbocycles. The van der Waals surface area contributed by atoms with Crippen molar-refractivity contribution in [2.45, 2.75) is 19.9 Å². The number of nitrogens with two attached hydrogens (primary N) is 1. The smallest absolute Gasteiger partial charge is 0.251 e. The zero-order chi connectivity index (χ0) is 13.7. The van der Waals surface area contributed by atoms with Gasteiger partial charge >= 0.3 is 0 Å². The number of anilines is 1. The summed E-state index contributed by atoms with van der Waals surface area (Å²) in [7, 11) is 1.52. The van der Waals surface area contributed by atoms with Gasteiger partial charge in [-0.3, -0.25) is 4.79 Å². The van der Waals surface area contributed by atoms with Crippen molar-refractivity contribution >= 4 is 11.6 Å². The number of rotatable bonds is 5. The first kappa shape index (κ1) is 14.3. The van der Waals surface area contributed by atoms with Crippen LogP contribution in [0.4, 0.5) is 5.69 Å². The quantitative estimate of drug-likeness (QED) is 0.683. The van der Waals surface area contributed by atoms with Crippen molar-refractivity contribution in [1.29, 1.82) is 0 Å². The van der Waals surface area contributed by atoms with Gasteiger partial charge in [0.25, 0.3) is 5.91 Å². The van der Waals surface area contributed by atoms with Gasteiger partial charge < -0.3 is 20.9 Å². The maximum Gasteiger partial charge on any atom is 0.251 e. The van der Waals surface area contributed by atoms with Crippen molar-refractivity contribution in [2.24, 2.45) is 5.92 Å². The van der Waals surface area contributed by atoms with E-state index in [1.807, 2.05) is 13.8 Å². The summed E-state index contributed by atoms with van der Waals surface area (Å²) in [4.78, 5) is 12.0. The molecule has 5 heteroatoms. The van der Waals surface area contributed by atoms with Crippen LogP contribution in [-0.4, -0.2) is 30.8 Å². The molecule has 2 atom stereocenters. The molecule has 0 heterocycles. The van der Waals surface area contributed by atoms with Gasteiger partial charge in [0, 0.05) is 30.0 Å². The Labute approximate surface area is 107 Å². The predicted octanol–water partition coefficient (Wildman–Crippen LogP) is 1.02. The van der Waals surface area contributed by atoms with Crippen LogP contribution >= 0.6 is 0 Å². The average molecular weight is 252 g/mol. The van der Waals surface area contributed by atoms with E-state index in [0.717, 1.165) is 0 Å². The number of nitrogens with one attached hydrogen (secondary N) is 1. The summed E-state index contributed by atoms with van der Waals surface area (Å²) < 4.78 is 5.06. The lowest BCUT2D eigenvalue weighted by Crippen LogP contribution is -2.38. The van der Waals surface area contributed by atoms with E-state index in [4.69, 9.17) is 15.6 Å². The van der Waals surface area contributed by atoms with Gasteiger partial charge in [-0.25, -0.2) is 0 Å². The fourth-order valence-electron chi connectivity index (χ4n) is 1.46. The van der Waals surface area contributed by atoms with Gasteiger partial charge in [0.2, 0.25) is 0 Å². The summed E-state index contributed by atoms with van der Waals surface area (Å²) in [6, 6.07) is 4.75. The summed E-state index contributed by atoms with van der Waals surface area (Å²) in [6.45, 7) is 3.74. The van der Waals surface area contributed by atoms with E-state index in [1.54, 1.807) is 18.2 Å². The predicted molar refractivity (Wildman–Crippen MR) is 70.6 cm³/mol. The SMILES string of the molecule is COc1cc(N)cc(C(=O)NC(C)C(C)CO)c1. The zero-order valence-corrected chi connectivity index (χ0v) is 10.9. The molecule has 1 amide bonds. The molecule has 0 radical (unpaired) electrons. The fourth-order valence-corrected chi connectivity index (χ4v) is 1.46. The third-order valence-electron chi connectivity index (χ3n) is 2.93. The monoisotopic (exact) mass is 252 g/mol. The van der Waals surface area contributed by atoms with Crippen LogP contribution < -0.4 is 15.8 Å². The second-order valence-electron chi connectivity index (χ2n) is 4.42. The molecule has 2 unspecified atom stereocenters. The number of ether oxygens (including phenoxy) is 1. The van der Waals surface area contributed by atoms with Crippen LogP contribution in [-0.2, 0) is 0 Å². The number of aliphatic hydroxyl groups excluding tert-OH is 1. The highest BCUT2D eigenvalue weighted by Gasteiger charge is 2.15. The Hall–Kier alpha value is -1.75. The second-order valence-corrected chi connectivity index (χ2v) is 4.42. The highest BCUT2D eigenvalue weighted by molar-refractivity contribution is 5.95. The van der Waals surface area contributed by atoms with Crippen LogP contribution in [0.2, 0.25) is 0 Å². The Morgan fingerprint density at radius 1 is 1.44 bits per heavy atom. The first-order valence-electron chi connectivity index (χ1n) is 5.84. The standard InChI is InChI=1S/C13H20N2O3/c1-8(7-16)9(2)15-13(17)10-4-11(14)6-12(5-10)18-3/h4-6,8-9,16H,7,14H2,1-3H3,(H,15,17). The second kappa shape index (κ2) is 6.26. The number of carbonyl (C=O) groups is 1. The average Bonchev–Trinajstić information content (AvgIpc) is 2.36. The van der Waals surface area contributed by atoms with E-state index in [1.165, 1.54) is 7.11 Å². The lowest BCUT2D eigenvalue weighted by atomic mass is 10.0. The lowest BCUT2D eigenvalue weighted by Gasteiger charge is -2.19. The van der Waals surface area contributed by atoms with Crippen LogP contribution in [0, 0.1) is 5.92 Å². The van der Waals surface area contributed by atoms with Crippen molar-refractivity contribution < 1.29 is 14.6 Å². The van der Waals surface area contributed by atoms with Crippen LogP contribution in [0.5, 0.6) is 5.75 Å². The highest BCUT2D eigenvalue weighted by Crippen LogP contribution is 2.18. The maximum absolute atomic E-state index is 12.0. The van der Waals surface area contributed by atoms with Gasteiger partial charge in [-0.15, -0.1) is 0 Å². The number of hydrogen-bond donors (Lipinski definition) is 3. The number of nitrogen functional groups attached to an aromatic ring is 1. The molecule has 0 aliphatic heterocycles. The van der Waals surface area contributed by atoms with Crippen molar-refractivity contribution in [2.75, 3.05) is 19.5 Å². The molecular formula is C13H20N2O3. The molecule has 1 aromatic carbocycles. The molecule has 1 aromatic rings. The van der Waals surface area contributed by atoms with Crippen LogP contribution in [0.3, 0.4) is 0 Å². The highest BCUT2D eigenvalue weighted by atomic mass is 16.5. The Morgan fingerprint density at radius 3 is 2.67 bits per heavy atom. The third-order valence-corrected chi connectivity index (χ3v) is 2.93. The molecule has 4 N–H and O–H groups in total. The summed E-state index contributed by atoms with van der Waals surface area (Å²) in [5, 5.41) is 11.8. The van der Waals surface area contributed by atoms with E-state index >= 15 is 0 Å². The van der Waals surface area contributed by atoms with Gasteiger partial charge in [0.1, 0.15) is 5.75 Å². The molecule has 100 valence electrons. The Morgan fingerprint density at radius 2 is 2.11 bits per heavy atom. The van der Waals surface area contributed by atoms with E-state index in [0.29, 0.717) is 17.0 Å². The maximum atomic E-state index is 12.0. The minimum absolute atomic E-state index is 0.00287. The third kappa shape index (κ3) is 3.63. The van der Waals surface area contributed by atoms with Crippen LogP contribution in [0.15, 0.2) is 18.2 Å². The summed E-state index contributed by atoms with van der Waals surface area (Å²) in [5.74, 6) is 0.313. The Bertz CT molecular complexity index is 421. The number of aliphatic hydroxyl groups is 1. The normalized spacial score (nSPS) is 13.8. The topological polar surface area (TPSA) is 84.6 Å². The summed E-state index contributed by atoms with van der Waals surface area (Å²) in [6.07, 6.45) is 0. The summed E-state index contributed by atoms with van der Waals surface area (Å²) in [5.41, 5.74) is 6.61. The van der Waals surface area contributed by atoms with Gasteiger partial charge in [-0.2, -0.15) is 0 Å². The van der Waals surface area contributed by atoms with E-state index in [-0.39, 0.29) is 24.5 Å². The minimum Gasteiger partial charge on any atom is -0.497 e. The zero-order valence-electron chi connectivity index (χ0n) is 10.9. The molecule has 0 bridgehead atoms. The molecule has 0 saturated carbocycles. The molecule has 0 fully saturated rings. The van der Waals surface area contributed by atoms with Gasteiger partial charge in [-0.05, 0) is 25.0 Å². The molecule has 0 aliphatic rings. The number of carbonyl (C=O) groups excluding carboxylic acids is 1. The summed E-state index contributed by atoms with van der Waals surface area (Å²) >= 11 is 0. The Kier molecular flexibility index (Phi) is 4.97. The van der Waals surface area contributed by atoms with Gasteiger partial charge in [0.15, 0.2) is 0 Å². The van der Waals surface area contributed by atoms with Crippen molar-refractivity contribution in [1.82, 2.24) is 5.32 Å². The van der Waals surface area contributed by atoms with Crippen molar-refractivity contribution in [3.63, 3.8) is 0 Å². The number of benzene rings is 1.